The minimum Gasteiger partial charge on any atom is -0.497 e. The summed E-state index contributed by atoms with van der Waals surface area (Å²) in [5, 5.41) is 5.79. The van der Waals surface area contributed by atoms with Crippen LogP contribution in [-0.2, 0) is 16.0 Å². The quantitative estimate of drug-likeness (QED) is 0.397. The number of rotatable bonds is 9. The fourth-order valence-electron chi connectivity index (χ4n) is 2.40. The molecule has 0 bridgehead atoms. The highest BCUT2D eigenvalue weighted by Gasteiger charge is 2.17. The summed E-state index contributed by atoms with van der Waals surface area (Å²) in [5.74, 6) is 0.787. The SMILES string of the molecule is COc1ccc(OC)c(C(=O)COC(=O)CCc2nc(-c3cccs3)no2)c1. The number of hydrogen-bond donors (Lipinski definition) is 0. The van der Waals surface area contributed by atoms with E-state index in [4.69, 9.17) is 18.7 Å². The van der Waals surface area contributed by atoms with E-state index in [1.54, 1.807) is 18.2 Å². The van der Waals surface area contributed by atoms with E-state index >= 15 is 0 Å². The summed E-state index contributed by atoms with van der Waals surface area (Å²) in [6.45, 7) is -0.396. The number of benzene rings is 1. The molecule has 3 rings (SSSR count). The van der Waals surface area contributed by atoms with Crippen LogP contribution in [0.1, 0.15) is 22.7 Å². The third-order valence-electron chi connectivity index (χ3n) is 3.82. The number of nitrogens with zero attached hydrogens (tertiary/aromatic N) is 2. The summed E-state index contributed by atoms with van der Waals surface area (Å²) in [4.78, 5) is 29.4. The molecule has 3 aromatic rings. The molecule has 0 aliphatic rings. The number of ether oxygens (including phenoxy) is 3. The monoisotopic (exact) mass is 402 g/mol. The van der Waals surface area contributed by atoms with Crippen molar-refractivity contribution < 1.29 is 28.3 Å². The maximum atomic E-state index is 12.4. The summed E-state index contributed by atoms with van der Waals surface area (Å²) >= 11 is 1.50. The van der Waals surface area contributed by atoms with Crippen LogP contribution in [0.3, 0.4) is 0 Å². The van der Waals surface area contributed by atoms with Gasteiger partial charge in [-0.3, -0.25) is 9.59 Å². The molecule has 8 nitrogen and oxygen atoms in total. The average molecular weight is 402 g/mol. The van der Waals surface area contributed by atoms with Gasteiger partial charge in [-0.1, -0.05) is 11.2 Å². The molecule has 2 heterocycles. The Bertz CT molecular complexity index is 951. The van der Waals surface area contributed by atoms with Gasteiger partial charge in [-0.05, 0) is 29.6 Å². The number of thiophene rings is 1. The molecule has 0 fully saturated rings. The number of hydrogen-bond acceptors (Lipinski definition) is 9. The van der Waals surface area contributed by atoms with Crippen LogP contribution in [0, 0.1) is 0 Å². The Labute approximate surface area is 165 Å². The number of carbonyl (C=O) groups excluding carboxylic acids is 2. The number of aromatic nitrogens is 2. The molecule has 146 valence electrons. The lowest BCUT2D eigenvalue weighted by molar-refractivity contribution is -0.142. The normalized spacial score (nSPS) is 10.5. The largest absolute Gasteiger partial charge is 0.497 e. The van der Waals surface area contributed by atoms with Crippen molar-refractivity contribution in [3.05, 3.63) is 47.2 Å². The van der Waals surface area contributed by atoms with Crippen molar-refractivity contribution in [1.29, 1.82) is 0 Å². The summed E-state index contributed by atoms with van der Waals surface area (Å²) in [7, 11) is 2.96. The summed E-state index contributed by atoms with van der Waals surface area (Å²) in [6, 6.07) is 8.61. The molecule has 1 aromatic carbocycles. The second-order valence-electron chi connectivity index (χ2n) is 5.64. The van der Waals surface area contributed by atoms with Gasteiger partial charge >= 0.3 is 5.97 Å². The minimum absolute atomic E-state index is 0.0224. The van der Waals surface area contributed by atoms with E-state index in [1.807, 2.05) is 17.5 Å². The smallest absolute Gasteiger partial charge is 0.306 e. The zero-order valence-electron chi connectivity index (χ0n) is 15.3. The van der Waals surface area contributed by atoms with Gasteiger partial charge in [0.1, 0.15) is 11.5 Å². The lowest BCUT2D eigenvalue weighted by Gasteiger charge is -2.10. The summed E-state index contributed by atoms with van der Waals surface area (Å²) in [5.41, 5.74) is 0.284. The van der Waals surface area contributed by atoms with Crippen LogP contribution in [0.4, 0.5) is 0 Å². The second-order valence-corrected chi connectivity index (χ2v) is 6.59. The molecule has 0 atom stereocenters. The molecule has 0 saturated heterocycles. The summed E-state index contributed by atoms with van der Waals surface area (Å²) in [6.07, 6.45) is 0.252. The molecule has 0 N–H and O–H groups in total. The van der Waals surface area contributed by atoms with Gasteiger partial charge in [-0.2, -0.15) is 4.98 Å². The van der Waals surface area contributed by atoms with E-state index in [2.05, 4.69) is 10.1 Å². The second kappa shape index (κ2) is 9.14. The minimum atomic E-state index is -0.536. The lowest BCUT2D eigenvalue weighted by Crippen LogP contribution is -2.15. The van der Waals surface area contributed by atoms with Gasteiger partial charge in [0.15, 0.2) is 6.61 Å². The number of esters is 1. The third kappa shape index (κ3) is 4.74. The highest BCUT2D eigenvalue weighted by Crippen LogP contribution is 2.24. The van der Waals surface area contributed by atoms with Crippen molar-refractivity contribution in [2.45, 2.75) is 12.8 Å². The molecule has 0 saturated carbocycles. The number of aryl methyl sites for hydroxylation is 1. The molecule has 0 spiro atoms. The highest BCUT2D eigenvalue weighted by molar-refractivity contribution is 7.13. The van der Waals surface area contributed by atoms with Gasteiger partial charge < -0.3 is 18.7 Å². The molecular formula is C19H18N2O6S. The maximum absolute atomic E-state index is 12.4. The van der Waals surface area contributed by atoms with Crippen LogP contribution in [-0.4, -0.2) is 42.7 Å². The fourth-order valence-corrected chi connectivity index (χ4v) is 3.05. The molecule has 9 heteroatoms. The maximum Gasteiger partial charge on any atom is 0.306 e. The first-order valence-electron chi connectivity index (χ1n) is 8.38. The number of carbonyl (C=O) groups is 2. The molecule has 0 aliphatic carbocycles. The van der Waals surface area contributed by atoms with Crippen molar-refractivity contribution in [3.63, 3.8) is 0 Å². The van der Waals surface area contributed by atoms with Gasteiger partial charge in [-0.15, -0.1) is 11.3 Å². The van der Waals surface area contributed by atoms with Gasteiger partial charge in [0.25, 0.3) is 0 Å². The van der Waals surface area contributed by atoms with Crippen molar-refractivity contribution in [3.8, 4) is 22.2 Å². The van der Waals surface area contributed by atoms with Crippen molar-refractivity contribution in [1.82, 2.24) is 10.1 Å². The number of methoxy groups -OCH3 is 2. The molecule has 0 radical (unpaired) electrons. The standard InChI is InChI=1S/C19H18N2O6S/c1-24-12-5-6-15(25-2)13(10-12)14(22)11-26-18(23)8-7-17-20-19(21-27-17)16-4-3-9-28-16/h3-6,9-10H,7-8,11H2,1-2H3. The predicted molar refractivity (Wildman–Crippen MR) is 101 cm³/mol. The van der Waals surface area contributed by atoms with Crippen molar-refractivity contribution in [2.24, 2.45) is 0 Å². The van der Waals surface area contributed by atoms with Gasteiger partial charge in [0, 0.05) is 6.42 Å². The lowest BCUT2D eigenvalue weighted by atomic mass is 10.1. The molecule has 0 amide bonds. The fraction of sp³-hybridized carbons (Fsp3) is 0.263. The van der Waals surface area contributed by atoms with E-state index in [9.17, 15) is 9.59 Å². The molecular weight excluding hydrogens is 384 g/mol. The third-order valence-corrected chi connectivity index (χ3v) is 4.69. The van der Waals surface area contributed by atoms with Crippen LogP contribution in [0.25, 0.3) is 10.7 Å². The van der Waals surface area contributed by atoms with Crippen LogP contribution in [0.15, 0.2) is 40.2 Å². The van der Waals surface area contributed by atoms with Crippen molar-refractivity contribution in [2.75, 3.05) is 20.8 Å². The Balaban J connectivity index is 1.51. The Morgan fingerprint density at radius 2 is 2.04 bits per heavy atom. The zero-order chi connectivity index (χ0) is 19.9. The number of ketones is 1. The Morgan fingerprint density at radius 3 is 2.75 bits per heavy atom. The average Bonchev–Trinajstić information content (AvgIpc) is 3.41. The topological polar surface area (TPSA) is 101 Å². The van der Waals surface area contributed by atoms with Gasteiger partial charge in [-0.25, -0.2) is 0 Å². The van der Waals surface area contributed by atoms with Crippen LogP contribution in [0.5, 0.6) is 11.5 Å². The Kier molecular flexibility index (Phi) is 6.38. The first-order chi connectivity index (χ1) is 13.6. The molecule has 2 aromatic heterocycles. The first kappa shape index (κ1) is 19.6. The summed E-state index contributed by atoms with van der Waals surface area (Å²) < 4.78 is 20.5. The van der Waals surface area contributed by atoms with Gasteiger partial charge in [0.2, 0.25) is 17.5 Å². The van der Waals surface area contributed by atoms with Crippen LogP contribution >= 0.6 is 11.3 Å². The van der Waals surface area contributed by atoms with E-state index < -0.39 is 12.6 Å². The Hall–Kier alpha value is -3.20. The van der Waals surface area contributed by atoms with E-state index in [0.717, 1.165) is 4.88 Å². The van der Waals surface area contributed by atoms with E-state index in [1.165, 1.54) is 25.6 Å². The predicted octanol–water partition coefficient (Wildman–Crippen LogP) is 3.17. The first-order valence-corrected chi connectivity index (χ1v) is 9.26. The molecule has 0 aliphatic heterocycles. The van der Waals surface area contributed by atoms with Gasteiger partial charge in [0.05, 0.1) is 31.1 Å². The van der Waals surface area contributed by atoms with E-state index in [-0.39, 0.29) is 24.2 Å². The van der Waals surface area contributed by atoms with Crippen molar-refractivity contribution >= 4 is 23.1 Å². The number of Topliss-reactive ketones (excluding diaryl/α,β-unsaturated/α-hetero) is 1. The Morgan fingerprint density at radius 1 is 1.18 bits per heavy atom. The zero-order valence-corrected chi connectivity index (χ0v) is 16.2. The van der Waals surface area contributed by atoms with Crippen LogP contribution in [0.2, 0.25) is 0 Å². The molecule has 0 unspecified atom stereocenters. The van der Waals surface area contributed by atoms with E-state index in [0.29, 0.717) is 23.2 Å². The molecule has 28 heavy (non-hydrogen) atoms. The highest BCUT2D eigenvalue weighted by atomic mass is 32.1. The van der Waals surface area contributed by atoms with Crippen LogP contribution < -0.4 is 9.47 Å².